The van der Waals surface area contributed by atoms with Crippen molar-refractivity contribution in [2.24, 2.45) is 11.3 Å². The van der Waals surface area contributed by atoms with Crippen molar-refractivity contribution in [3.05, 3.63) is 93.0 Å². The zero-order valence-electron chi connectivity index (χ0n) is 25.7. The quantitative estimate of drug-likeness (QED) is 0.276. The van der Waals surface area contributed by atoms with E-state index in [4.69, 9.17) is 27.9 Å². The highest BCUT2D eigenvalue weighted by atomic mass is 35.5. The number of nitriles is 1. The van der Waals surface area contributed by atoms with Gasteiger partial charge in [-0.2, -0.15) is 5.26 Å². The lowest BCUT2D eigenvalue weighted by Gasteiger charge is -2.43. The number of carboxylic acids is 1. The highest BCUT2D eigenvalue weighted by molar-refractivity contribution is 6.31. The Morgan fingerprint density at radius 2 is 1.85 bits per heavy atom. The second-order valence-corrected chi connectivity index (χ2v) is 14.4. The summed E-state index contributed by atoms with van der Waals surface area (Å²) in [7, 11) is 1.40. The minimum absolute atomic E-state index is 0.00492. The molecule has 1 unspecified atom stereocenters. The van der Waals surface area contributed by atoms with Crippen LogP contribution in [0.15, 0.2) is 54.6 Å². The fourth-order valence-electron chi connectivity index (χ4n) is 7.60. The van der Waals surface area contributed by atoms with Crippen molar-refractivity contribution in [1.29, 1.82) is 5.26 Å². The van der Waals surface area contributed by atoms with Crippen molar-refractivity contribution >= 4 is 40.8 Å². The van der Waals surface area contributed by atoms with Crippen molar-refractivity contribution in [3.63, 3.8) is 0 Å². The molecule has 11 heteroatoms. The van der Waals surface area contributed by atoms with E-state index in [1.807, 2.05) is 25.7 Å². The van der Waals surface area contributed by atoms with Gasteiger partial charge in [0.2, 0.25) is 5.91 Å². The number of hydrogen-bond donors (Lipinski definition) is 1. The van der Waals surface area contributed by atoms with E-state index in [1.165, 1.54) is 43.5 Å². The summed E-state index contributed by atoms with van der Waals surface area (Å²) in [4.78, 5) is 30.4. The molecule has 3 aromatic rings. The molecular formula is C35H33Cl2F2N3O4. The Labute approximate surface area is 276 Å². The van der Waals surface area contributed by atoms with Crippen LogP contribution in [0.3, 0.4) is 0 Å². The Morgan fingerprint density at radius 3 is 2.43 bits per heavy atom. The Balaban J connectivity index is 1.67. The maximum absolute atomic E-state index is 16.2. The third kappa shape index (κ3) is 5.02. The summed E-state index contributed by atoms with van der Waals surface area (Å²) in [5, 5.41) is 20.9. The lowest BCUT2D eigenvalue weighted by molar-refractivity contribution is -0.119. The number of ether oxygens (including phenoxy) is 1. The molecule has 46 heavy (non-hydrogen) atoms. The fourth-order valence-corrected chi connectivity index (χ4v) is 7.94. The minimum atomic E-state index is -1.73. The number of rotatable bonds is 7. The van der Waals surface area contributed by atoms with E-state index in [1.54, 1.807) is 17.0 Å². The third-order valence-electron chi connectivity index (χ3n) is 9.49. The van der Waals surface area contributed by atoms with Crippen LogP contribution in [0, 0.1) is 34.3 Å². The molecule has 5 atom stereocenters. The number of amides is 1. The fraction of sp³-hybridized carbons (Fsp3) is 0.400. The van der Waals surface area contributed by atoms with Crippen LogP contribution in [0.25, 0.3) is 0 Å². The average Bonchev–Trinajstić information content (AvgIpc) is 3.74. The standard InChI is InChI=1S/C35H33Cl2F2N3O4/c1-34(2,3)16-27-35(17-40,22-12-11-20(36)15-24(22)38)28(21-6-5-7-23(37)29(21)39)30-32(43)41(31(42(27)30)18-8-9-18)25-13-10-19(33(44)45)14-26(25)46-4/h5-7,10-15,18,27-28,30-31H,8-9,16H2,1-4H3,(H,44,45)/t27-,28?,30+,31+,35-/m0/s1. The van der Waals surface area contributed by atoms with E-state index < -0.39 is 58.5 Å². The molecule has 3 aromatic carbocycles. The summed E-state index contributed by atoms with van der Waals surface area (Å²) in [5.41, 5.74) is -1.72. The third-order valence-corrected chi connectivity index (χ3v) is 10.0. The van der Waals surface area contributed by atoms with E-state index in [0.29, 0.717) is 12.1 Å². The molecule has 1 amide bonds. The van der Waals surface area contributed by atoms with Gasteiger partial charge in [0, 0.05) is 22.5 Å². The molecule has 3 fully saturated rings. The van der Waals surface area contributed by atoms with Gasteiger partial charge in [-0.3, -0.25) is 14.6 Å². The van der Waals surface area contributed by atoms with Gasteiger partial charge in [-0.25, -0.2) is 13.6 Å². The van der Waals surface area contributed by atoms with E-state index >= 15 is 13.6 Å². The van der Waals surface area contributed by atoms with Crippen molar-refractivity contribution in [3.8, 4) is 11.8 Å². The molecule has 2 aliphatic heterocycles. The van der Waals surface area contributed by atoms with Crippen LogP contribution in [0.2, 0.25) is 10.0 Å². The Bertz CT molecular complexity index is 1790. The van der Waals surface area contributed by atoms with Crippen LogP contribution < -0.4 is 9.64 Å². The second kappa shape index (κ2) is 11.5. The molecule has 1 N–H and O–H groups in total. The van der Waals surface area contributed by atoms with Gasteiger partial charge in [0.25, 0.3) is 0 Å². The first-order valence-electron chi connectivity index (χ1n) is 15.1. The number of aromatic carboxylic acids is 1. The zero-order chi connectivity index (χ0) is 33.3. The van der Waals surface area contributed by atoms with Gasteiger partial charge < -0.3 is 9.84 Å². The van der Waals surface area contributed by atoms with Crippen molar-refractivity contribution < 1.29 is 28.2 Å². The van der Waals surface area contributed by atoms with Gasteiger partial charge in [0.1, 0.15) is 28.8 Å². The minimum Gasteiger partial charge on any atom is -0.495 e. The predicted octanol–water partition coefficient (Wildman–Crippen LogP) is 7.80. The number of fused-ring (bicyclic) bond motifs is 1. The summed E-state index contributed by atoms with van der Waals surface area (Å²) < 4.78 is 38.0. The summed E-state index contributed by atoms with van der Waals surface area (Å²) in [6.45, 7) is 6.02. The largest absolute Gasteiger partial charge is 0.495 e. The summed E-state index contributed by atoms with van der Waals surface area (Å²) >= 11 is 12.5. The van der Waals surface area contributed by atoms with Crippen LogP contribution in [-0.2, 0) is 10.2 Å². The van der Waals surface area contributed by atoms with Gasteiger partial charge in [0.15, 0.2) is 0 Å². The van der Waals surface area contributed by atoms with Crippen molar-refractivity contribution in [2.45, 2.75) is 69.6 Å². The van der Waals surface area contributed by atoms with E-state index in [0.717, 1.165) is 18.9 Å². The number of halogens is 4. The van der Waals surface area contributed by atoms with E-state index in [9.17, 15) is 15.2 Å². The molecule has 0 spiro atoms. The molecule has 2 heterocycles. The molecule has 2 saturated heterocycles. The highest BCUT2D eigenvalue weighted by Gasteiger charge is 2.71. The van der Waals surface area contributed by atoms with E-state index in [-0.39, 0.29) is 38.4 Å². The molecule has 7 nitrogen and oxygen atoms in total. The summed E-state index contributed by atoms with van der Waals surface area (Å²) in [6, 6.07) is 13.5. The lowest BCUT2D eigenvalue weighted by Crippen LogP contribution is -2.52. The van der Waals surface area contributed by atoms with E-state index in [2.05, 4.69) is 6.07 Å². The number of methoxy groups -OCH3 is 1. The van der Waals surface area contributed by atoms with Crippen LogP contribution >= 0.6 is 23.2 Å². The van der Waals surface area contributed by atoms with Crippen LogP contribution in [0.1, 0.15) is 67.4 Å². The topological polar surface area (TPSA) is 93.9 Å². The molecule has 1 saturated carbocycles. The molecular weight excluding hydrogens is 635 g/mol. The lowest BCUT2D eigenvalue weighted by atomic mass is 9.62. The van der Waals surface area contributed by atoms with Crippen molar-refractivity contribution in [2.75, 3.05) is 12.0 Å². The molecule has 0 bridgehead atoms. The van der Waals surface area contributed by atoms with Crippen LogP contribution in [0.5, 0.6) is 5.75 Å². The number of carbonyl (C=O) groups is 2. The number of nitrogens with zero attached hydrogens (tertiary/aromatic N) is 3. The Kier molecular flexibility index (Phi) is 8.07. The normalized spacial score (nSPS) is 26.2. The number of anilines is 1. The number of benzene rings is 3. The predicted molar refractivity (Wildman–Crippen MR) is 170 cm³/mol. The van der Waals surface area contributed by atoms with Gasteiger partial charge in [-0.1, -0.05) is 62.2 Å². The zero-order valence-corrected chi connectivity index (χ0v) is 27.2. The number of carbonyl (C=O) groups excluding carboxylic acids is 1. The molecule has 240 valence electrons. The van der Waals surface area contributed by atoms with Crippen LogP contribution in [0.4, 0.5) is 14.5 Å². The second-order valence-electron chi connectivity index (χ2n) is 13.5. The van der Waals surface area contributed by atoms with Crippen molar-refractivity contribution in [1.82, 2.24) is 4.90 Å². The highest BCUT2D eigenvalue weighted by Crippen LogP contribution is 2.62. The van der Waals surface area contributed by atoms with Gasteiger partial charge in [-0.15, -0.1) is 0 Å². The summed E-state index contributed by atoms with van der Waals surface area (Å²) in [5.74, 6) is -4.07. The Hall–Kier alpha value is -3.71. The molecule has 0 radical (unpaired) electrons. The molecule has 6 rings (SSSR count). The SMILES string of the molecule is COc1cc(C(=O)O)ccc1N1C(=O)[C@H]2C(c3cccc(Cl)c3F)[C@@](C#N)(c3ccc(Cl)cc3F)[C@H](CC(C)(C)C)N2[C@@H]1C1CC1. The van der Waals surface area contributed by atoms with Gasteiger partial charge in [0.05, 0.1) is 35.6 Å². The monoisotopic (exact) mass is 667 g/mol. The molecule has 1 aliphatic carbocycles. The first kappa shape index (κ1) is 32.2. The van der Waals surface area contributed by atoms with Gasteiger partial charge in [-0.05, 0) is 72.6 Å². The molecule has 0 aromatic heterocycles. The average molecular weight is 669 g/mol. The summed E-state index contributed by atoms with van der Waals surface area (Å²) in [6.07, 6.45) is 1.35. The first-order chi connectivity index (χ1) is 21.7. The smallest absolute Gasteiger partial charge is 0.335 e. The molecule has 3 aliphatic rings. The van der Waals surface area contributed by atoms with Crippen LogP contribution in [-0.4, -0.2) is 47.2 Å². The maximum Gasteiger partial charge on any atom is 0.335 e. The first-order valence-corrected chi connectivity index (χ1v) is 15.8. The number of carboxylic acid groups (broad SMARTS) is 1. The van der Waals surface area contributed by atoms with Gasteiger partial charge >= 0.3 is 5.97 Å². The maximum atomic E-state index is 16.2. The number of hydrogen-bond acceptors (Lipinski definition) is 5. The Morgan fingerprint density at radius 1 is 1.13 bits per heavy atom.